The highest BCUT2D eigenvalue weighted by Crippen LogP contribution is 2.36. The summed E-state index contributed by atoms with van der Waals surface area (Å²) in [6, 6.07) is 11.2. The minimum atomic E-state index is -0.449. The number of halogens is 2. The van der Waals surface area contributed by atoms with Gasteiger partial charge in [0.15, 0.2) is 11.5 Å². The number of methoxy groups -OCH3 is 1. The van der Waals surface area contributed by atoms with E-state index in [0.29, 0.717) is 42.8 Å². The average molecular weight is 511 g/mol. The Kier molecular flexibility index (Phi) is 8.10. The second-order valence-corrected chi connectivity index (χ2v) is 7.69. The van der Waals surface area contributed by atoms with Gasteiger partial charge in [0.1, 0.15) is 6.61 Å². The van der Waals surface area contributed by atoms with Gasteiger partial charge in [-0.15, -0.1) is 0 Å². The van der Waals surface area contributed by atoms with Crippen molar-refractivity contribution in [2.24, 2.45) is 0 Å². The lowest BCUT2D eigenvalue weighted by molar-refractivity contribution is 0.0944. The van der Waals surface area contributed by atoms with E-state index in [4.69, 9.17) is 26.8 Å². The number of nitrogens with two attached hydrogens (primary N) is 1. The fourth-order valence-corrected chi connectivity index (χ4v) is 3.30. The highest BCUT2D eigenvalue weighted by Gasteiger charge is 2.16. The van der Waals surface area contributed by atoms with Gasteiger partial charge in [-0.3, -0.25) is 4.79 Å². The summed E-state index contributed by atoms with van der Waals surface area (Å²) in [5.41, 5.74) is 7.35. The minimum Gasteiger partial charge on any atom is -0.493 e. The van der Waals surface area contributed by atoms with Crippen LogP contribution in [-0.4, -0.2) is 36.4 Å². The number of hydrogen-bond donors (Lipinski definition) is 3. The molecule has 4 N–H and O–H groups in total. The number of nitrogens with zero attached hydrogens (tertiary/aromatic N) is 2. The van der Waals surface area contributed by atoms with Crippen LogP contribution in [-0.2, 0) is 13.2 Å². The summed E-state index contributed by atoms with van der Waals surface area (Å²) in [6.45, 7) is 1.70. The zero-order valence-corrected chi connectivity index (χ0v) is 19.0. The molecule has 2 aromatic carbocycles. The van der Waals surface area contributed by atoms with Crippen molar-refractivity contribution < 1.29 is 18.9 Å². The van der Waals surface area contributed by atoms with Crippen molar-refractivity contribution in [2.45, 2.75) is 13.2 Å². The molecule has 164 valence electrons. The third-order valence-electron chi connectivity index (χ3n) is 4.30. The van der Waals surface area contributed by atoms with Gasteiger partial charge in [-0.05, 0) is 40.1 Å². The standard InChI is InChI=1S/C20H21BrClN5O4/c1-29-16-7-6-15(21)14(18(16)30-11-12-2-4-13(22)5-3-12)10-24-8-9-25-20(28)17-19(23)27-31-26-17/h2-7,24H,8-11H2,1H3,(H2,23,27)(H,25,28). The van der Waals surface area contributed by atoms with Crippen molar-refractivity contribution in [2.75, 3.05) is 25.9 Å². The van der Waals surface area contributed by atoms with Crippen LogP contribution >= 0.6 is 27.5 Å². The maximum atomic E-state index is 12.0. The monoisotopic (exact) mass is 509 g/mol. The fraction of sp³-hybridized carbons (Fsp3) is 0.250. The first-order valence-electron chi connectivity index (χ1n) is 9.29. The number of anilines is 1. The second kappa shape index (κ2) is 11.0. The van der Waals surface area contributed by atoms with Gasteiger partial charge in [0.05, 0.1) is 7.11 Å². The number of ether oxygens (including phenoxy) is 2. The number of carbonyl (C=O) groups excluding carboxylic acids is 1. The molecule has 0 saturated carbocycles. The molecule has 3 aromatic rings. The molecule has 0 aliphatic carbocycles. The number of nitrogens with one attached hydrogen (secondary N) is 2. The van der Waals surface area contributed by atoms with Gasteiger partial charge in [0.2, 0.25) is 11.5 Å². The van der Waals surface area contributed by atoms with Crippen molar-refractivity contribution in [3.63, 3.8) is 0 Å². The molecule has 9 nitrogen and oxygen atoms in total. The summed E-state index contributed by atoms with van der Waals surface area (Å²) in [5, 5.41) is 13.5. The molecule has 1 heterocycles. The number of aromatic nitrogens is 2. The third-order valence-corrected chi connectivity index (χ3v) is 5.30. The van der Waals surface area contributed by atoms with Crippen molar-refractivity contribution in [3.8, 4) is 11.5 Å². The summed E-state index contributed by atoms with van der Waals surface area (Å²) in [7, 11) is 1.59. The van der Waals surface area contributed by atoms with E-state index < -0.39 is 5.91 Å². The zero-order chi connectivity index (χ0) is 22.2. The van der Waals surface area contributed by atoms with E-state index in [1.54, 1.807) is 7.11 Å². The maximum Gasteiger partial charge on any atom is 0.277 e. The van der Waals surface area contributed by atoms with Crippen LogP contribution in [0.2, 0.25) is 5.02 Å². The van der Waals surface area contributed by atoms with Crippen LogP contribution in [0.5, 0.6) is 11.5 Å². The first kappa shape index (κ1) is 22.9. The van der Waals surface area contributed by atoms with Gasteiger partial charge in [0, 0.05) is 34.7 Å². The Morgan fingerprint density at radius 3 is 2.65 bits per heavy atom. The Balaban J connectivity index is 1.58. The molecule has 1 aromatic heterocycles. The normalized spacial score (nSPS) is 10.7. The fourth-order valence-electron chi connectivity index (χ4n) is 2.72. The van der Waals surface area contributed by atoms with Gasteiger partial charge >= 0.3 is 0 Å². The van der Waals surface area contributed by atoms with E-state index in [-0.39, 0.29) is 11.5 Å². The molecule has 0 saturated heterocycles. The summed E-state index contributed by atoms with van der Waals surface area (Å²) < 4.78 is 16.8. The van der Waals surface area contributed by atoms with Crippen LogP contribution in [0, 0.1) is 0 Å². The van der Waals surface area contributed by atoms with E-state index in [9.17, 15) is 4.79 Å². The molecular weight excluding hydrogens is 490 g/mol. The molecule has 0 aliphatic rings. The summed E-state index contributed by atoms with van der Waals surface area (Å²) >= 11 is 9.51. The predicted molar refractivity (Wildman–Crippen MR) is 119 cm³/mol. The number of benzene rings is 2. The predicted octanol–water partition coefficient (Wildman–Crippen LogP) is 3.17. The van der Waals surface area contributed by atoms with Crippen LogP contribution in [0.1, 0.15) is 21.6 Å². The molecule has 0 fully saturated rings. The van der Waals surface area contributed by atoms with Crippen molar-refractivity contribution in [1.82, 2.24) is 20.9 Å². The molecule has 0 radical (unpaired) electrons. The maximum absolute atomic E-state index is 12.0. The number of nitrogen functional groups attached to an aromatic ring is 1. The van der Waals surface area contributed by atoms with E-state index >= 15 is 0 Å². The van der Waals surface area contributed by atoms with Crippen LogP contribution in [0.15, 0.2) is 45.5 Å². The molecule has 0 aliphatic heterocycles. The van der Waals surface area contributed by atoms with Crippen molar-refractivity contribution in [3.05, 3.63) is 62.7 Å². The largest absolute Gasteiger partial charge is 0.493 e. The van der Waals surface area contributed by atoms with E-state index in [0.717, 1.165) is 15.6 Å². The van der Waals surface area contributed by atoms with E-state index in [2.05, 4.69) is 41.5 Å². The molecule has 0 bridgehead atoms. The number of amides is 1. The molecule has 0 unspecified atom stereocenters. The van der Waals surface area contributed by atoms with Gasteiger partial charge in [-0.1, -0.05) is 39.7 Å². The van der Waals surface area contributed by atoms with E-state index in [1.807, 2.05) is 36.4 Å². The summed E-state index contributed by atoms with van der Waals surface area (Å²) in [5.74, 6) is 0.754. The Labute approximate surface area is 192 Å². The molecular formula is C20H21BrClN5O4. The van der Waals surface area contributed by atoms with Crippen molar-refractivity contribution in [1.29, 1.82) is 0 Å². The van der Waals surface area contributed by atoms with Crippen LogP contribution in [0.4, 0.5) is 5.82 Å². The van der Waals surface area contributed by atoms with Gasteiger partial charge in [0.25, 0.3) is 5.91 Å². The lowest BCUT2D eigenvalue weighted by atomic mass is 10.1. The lowest BCUT2D eigenvalue weighted by Crippen LogP contribution is -2.32. The molecule has 3 rings (SSSR count). The summed E-state index contributed by atoms with van der Waals surface area (Å²) in [6.07, 6.45) is 0. The molecule has 0 spiro atoms. The summed E-state index contributed by atoms with van der Waals surface area (Å²) in [4.78, 5) is 12.0. The zero-order valence-electron chi connectivity index (χ0n) is 16.7. The third kappa shape index (κ3) is 6.09. The number of carbonyl (C=O) groups is 1. The van der Waals surface area contributed by atoms with Crippen LogP contribution in [0.25, 0.3) is 0 Å². The van der Waals surface area contributed by atoms with Crippen LogP contribution in [0.3, 0.4) is 0 Å². The Bertz CT molecular complexity index is 1030. The van der Waals surface area contributed by atoms with Gasteiger partial charge in [-0.25, -0.2) is 4.63 Å². The molecule has 1 amide bonds. The van der Waals surface area contributed by atoms with Gasteiger partial charge in [-0.2, -0.15) is 0 Å². The minimum absolute atomic E-state index is 0.0339. The Hall–Kier alpha value is -2.82. The van der Waals surface area contributed by atoms with Gasteiger partial charge < -0.3 is 25.8 Å². The van der Waals surface area contributed by atoms with Crippen molar-refractivity contribution >= 4 is 39.3 Å². The Morgan fingerprint density at radius 1 is 1.19 bits per heavy atom. The van der Waals surface area contributed by atoms with E-state index in [1.165, 1.54) is 0 Å². The quantitative estimate of drug-likeness (QED) is 0.355. The first-order chi connectivity index (χ1) is 15.0. The molecule has 0 atom stereocenters. The molecule has 31 heavy (non-hydrogen) atoms. The number of rotatable bonds is 10. The first-order valence-corrected chi connectivity index (χ1v) is 10.5. The highest BCUT2D eigenvalue weighted by molar-refractivity contribution is 9.10. The SMILES string of the molecule is COc1ccc(Br)c(CNCCNC(=O)c2nonc2N)c1OCc1ccc(Cl)cc1. The highest BCUT2D eigenvalue weighted by atomic mass is 79.9. The average Bonchev–Trinajstić information content (AvgIpc) is 3.20. The number of hydrogen-bond acceptors (Lipinski definition) is 8. The topological polar surface area (TPSA) is 125 Å². The van der Waals surface area contributed by atoms with Crippen LogP contribution < -0.4 is 25.8 Å². The molecule has 11 heteroatoms. The lowest BCUT2D eigenvalue weighted by Gasteiger charge is -2.17. The second-order valence-electron chi connectivity index (χ2n) is 6.40. The smallest absolute Gasteiger partial charge is 0.277 e. The Morgan fingerprint density at radius 2 is 1.97 bits per heavy atom.